The molecule has 120 valence electrons. The first kappa shape index (κ1) is 16.4. The van der Waals surface area contributed by atoms with E-state index in [0.717, 1.165) is 25.3 Å². The quantitative estimate of drug-likeness (QED) is 0.856. The van der Waals surface area contributed by atoms with E-state index >= 15 is 0 Å². The highest BCUT2D eigenvalue weighted by molar-refractivity contribution is 5.90. The molecule has 7 heteroatoms. The van der Waals surface area contributed by atoms with Crippen molar-refractivity contribution in [1.29, 1.82) is 0 Å². The zero-order valence-corrected chi connectivity index (χ0v) is 12.3. The van der Waals surface area contributed by atoms with Crippen LogP contribution in [0.5, 0.6) is 0 Å². The van der Waals surface area contributed by atoms with Gasteiger partial charge >= 0.3 is 5.97 Å². The fourth-order valence-electron chi connectivity index (χ4n) is 2.40. The van der Waals surface area contributed by atoms with Crippen LogP contribution in [0, 0.1) is 17.6 Å². The van der Waals surface area contributed by atoms with Gasteiger partial charge in [-0.05, 0) is 31.5 Å². The monoisotopic (exact) mass is 313 g/mol. The van der Waals surface area contributed by atoms with E-state index < -0.39 is 35.0 Å². The second-order valence-electron chi connectivity index (χ2n) is 5.29. The summed E-state index contributed by atoms with van der Waals surface area (Å²) in [5, 5.41) is 2.47. The average molecular weight is 313 g/mol. The summed E-state index contributed by atoms with van der Waals surface area (Å²) in [7, 11) is 1.11. The van der Waals surface area contributed by atoms with E-state index in [1.54, 1.807) is 0 Å². The van der Waals surface area contributed by atoms with Crippen LogP contribution in [0.1, 0.15) is 18.9 Å². The summed E-state index contributed by atoms with van der Waals surface area (Å²) >= 11 is 0. The van der Waals surface area contributed by atoms with Crippen LogP contribution in [0.15, 0.2) is 18.2 Å². The molecule has 0 spiro atoms. The van der Waals surface area contributed by atoms with Crippen LogP contribution in [0.25, 0.3) is 0 Å². The number of benzene rings is 1. The molecule has 0 saturated carbocycles. The van der Waals surface area contributed by atoms with Crippen molar-refractivity contribution >= 4 is 11.9 Å². The molecule has 2 rings (SSSR count). The summed E-state index contributed by atoms with van der Waals surface area (Å²) in [6.45, 7) is 1.96. The summed E-state index contributed by atoms with van der Waals surface area (Å²) in [4.78, 5) is 24.3. The molecule has 5 nitrogen and oxygen atoms in total. The molecular weight excluding hydrogens is 296 g/mol. The van der Waals surface area contributed by atoms with E-state index in [-0.39, 0.29) is 12.2 Å². The number of rotatable bonds is 4. The van der Waals surface area contributed by atoms with Crippen molar-refractivity contribution in [2.24, 2.45) is 5.92 Å². The lowest BCUT2D eigenvalue weighted by Gasteiger charge is -2.29. The van der Waals surface area contributed by atoms with E-state index in [1.165, 1.54) is 6.92 Å². The van der Waals surface area contributed by atoms with E-state index in [0.29, 0.717) is 13.0 Å². The van der Waals surface area contributed by atoms with E-state index in [1.807, 2.05) is 0 Å². The number of carbonyl (C=O) groups is 2. The lowest BCUT2D eigenvalue weighted by atomic mass is 9.90. The number of hydrogen-bond donors (Lipinski definition) is 1. The molecule has 1 aromatic rings. The minimum Gasteiger partial charge on any atom is -0.467 e. The lowest BCUT2D eigenvalue weighted by molar-refractivity contribution is -0.151. The SMILES string of the molecule is COC(=O)[C@](C)(NC(=O)[C@@H]1CCOC1)c1cc(F)ccc1F. The fourth-order valence-corrected chi connectivity index (χ4v) is 2.40. The average Bonchev–Trinajstić information content (AvgIpc) is 3.03. The minimum absolute atomic E-state index is 0.231. The molecule has 0 radical (unpaired) electrons. The van der Waals surface area contributed by atoms with Crippen LogP contribution in [-0.2, 0) is 24.6 Å². The number of esters is 1. The molecule has 1 N–H and O–H groups in total. The number of carbonyl (C=O) groups excluding carboxylic acids is 2. The van der Waals surface area contributed by atoms with Crippen LogP contribution < -0.4 is 5.32 Å². The van der Waals surface area contributed by atoms with Crippen molar-refractivity contribution in [3.05, 3.63) is 35.4 Å². The molecule has 0 aliphatic carbocycles. The van der Waals surface area contributed by atoms with E-state index in [2.05, 4.69) is 10.1 Å². The Bertz CT molecular complexity index is 587. The Labute approximate surface area is 126 Å². The first-order chi connectivity index (χ1) is 10.4. The van der Waals surface area contributed by atoms with Gasteiger partial charge in [0.05, 0.1) is 19.6 Å². The Hall–Kier alpha value is -2.02. The normalized spacial score (nSPS) is 20.3. The minimum atomic E-state index is -1.82. The number of nitrogens with one attached hydrogen (secondary N) is 1. The smallest absolute Gasteiger partial charge is 0.336 e. The lowest BCUT2D eigenvalue weighted by Crippen LogP contribution is -2.52. The van der Waals surface area contributed by atoms with Gasteiger partial charge in [-0.15, -0.1) is 0 Å². The van der Waals surface area contributed by atoms with Crippen molar-refractivity contribution in [1.82, 2.24) is 5.32 Å². The maximum atomic E-state index is 14.0. The van der Waals surface area contributed by atoms with Crippen LogP contribution in [-0.4, -0.2) is 32.2 Å². The summed E-state index contributed by atoms with van der Waals surface area (Å²) < 4.78 is 37.2. The highest BCUT2D eigenvalue weighted by atomic mass is 19.1. The molecule has 1 aromatic carbocycles. The molecule has 2 atom stereocenters. The Kier molecular flexibility index (Phi) is 4.75. The number of methoxy groups -OCH3 is 1. The van der Waals surface area contributed by atoms with Crippen LogP contribution in [0.3, 0.4) is 0 Å². The van der Waals surface area contributed by atoms with Crippen molar-refractivity contribution in [2.45, 2.75) is 18.9 Å². The summed E-state index contributed by atoms with van der Waals surface area (Å²) in [5.74, 6) is -3.30. The van der Waals surface area contributed by atoms with Crippen LogP contribution >= 0.6 is 0 Å². The highest BCUT2D eigenvalue weighted by Gasteiger charge is 2.42. The predicted molar refractivity (Wildman–Crippen MR) is 72.8 cm³/mol. The number of halogens is 2. The topological polar surface area (TPSA) is 64.6 Å². The van der Waals surface area contributed by atoms with Gasteiger partial charge in [0.15, 0.2) is 5.54 Å². The molecule has 1 aliphatic rings. The van der Waals surface area contributed by atoms with Crippen molar-refractivity contribution in [3.63, 3.8) is 0 Å². The highest BCUT2D eigenvalue weighted by Crippen LogP contribution is 2.27. The maximum absolute atomic E-state index is 14.0. The first-order valence-corrected chi connectivity index (χ1v) is 6.82. The second-order valence-corrected chi connectivity index (χ2v) is 5.29. The summed E-state index contributed by atoms with van der Waals surface area (Å²) in [5.41, 5.74) is -2.10. The molecule has 1 heterocycles. The van der Waals surface area contributed by atoms with Gasteiger partial charge < -0.3 is 14.8 Å². The Morgan fingerprint density at radius 2 is 2.14 bits per heavy atom. The van der Waals surface area contributed by atoms with Gasteiger partial charge in [0.2, 0.25) is 5.91 Å². The molecule has 1 fully saturated rings. The maximum Gasteiger partial charge on any atom is 0.336 e. The third kappa shape index (κ3) is 3.09. The van der Waals surface area contributed by atoms with E-state index in [9.17, 15) is 18.4 Å². The molecule has 0 bridgehead atoms. The zero-order valence-electron chi connectivity index (χ0n) is 12.3. The number of amides is 1. The standard InChI is InChI=1S/C15H17F2NO4/c1-15(14(20)21-2,11-7-10(16)3-4-12(11)17)18-13(19)9-5-6-22-8-9/h3-4,7,9H,5-6,8H2,1-2H3,(H,18,19)/t9-,15-/m1/s1. The van der Waals surface area contributed by atoms with Gasteiger partial charge in [-0.25, -0.2) is 13.6 Å². The van der Waals surface area contributed by atoms with Crippen molar-refractivity contribution in [3.8, 4) is 0 Å². The van der Waals surface area contributed by atoms with Crippen LogP contribution in [0.4, 0.5) is 8.78 Å². The zero-order chi connectivity index (χ0) is 16.3. The number of ether oxygens (including phenoxy) is 2. The van der Waals surface area contributed by atoms with Gasteiger partial charge in [-0.2, -0.15) is 0 Å². The third-order valence-corrected chi connectivity index (χ3v) is 3.73. The molecule has 22 heavy (non-hydrogen) atoms. The summed E-state index contributed by atoms with van der Waals surface area (Å²) in [6, 6.07) is 2.71. The Balaban J connectivity index is 2.37. The fraction of sp³-hybridized carbons (Fsp3) is 0.467. The van der Waals surface area contributed by atoms with E-state index in [4.69, 9.17) is 4.74 Å². The van der Waals surface area contributed by atoms with Gasteiger partial charge in [0.1, 0.15) is 11.6 Å². The van der Waals surface area contributed by atoms with Crippen molar-refractivity contribution in [2.75, 3.05) is 20.3 Å². The molecule has 1 saturated heterocycles. The third-order valence-electron chi connectivity index (χ3n) is 3.73. The van der Waals surface area contributed by atoms with Gasteiger partial charge in [-0.1, -0.05) is 0 Å². The van der Waals surface area contributed by atoms with Crippen molar-refractivity contribution < 1.29 is 27.8 Å². The Morgan fingerprint density at radius 1 is 1.41 bits per heavy atom. The molecule has 0 unspecified atom stereocenters. The van der Waals surface area contributed by atoms with Gasteiger partial charge in [0, 0.05) is 12.2 Å². The molecular formula is C15H17F2NO4. The molecule has 0 aromatic heterocycles. The van der Waals surface area contributed by atoms with Gasteiger partial charge in [0.25, 0.3) is 0 Å². The second kappa shape index (κ2) is 6.39. The largest absolute Gasteiger partial charge is 0.467 e. The van der Waals surface area contributed by atoms with Crippen LogP contribution in [0.2, 0.25) is 0 Å². The summed E-state index contributed by atoms with van der Waals surface area (Å²) in [6.07, 6.45) is 0.509. The molecule has 1 aliphatic heterocycles. The number of hydrogen-bond acceptors (Lipinski definition) is 4. The Morgan fingerprint density at radius 3 is 2.73 bits per heavy atom. The van der Waals surface area contributed by atoms with Gasteiger partial charge in [-0.3, -0.25) is 4.79 Å². The predicted octanol–water partition coefficient (Wildman–Crippen LogP) is 1.51. The molecule has 1 amide bonds. The first-order valence-electron chi connectivity index (χ1n) is 6.82.